The van der Waals surface area contributed by atoms with Crippen LogP contribution in [0.4, 0.5) is 30.2 Å². The number of hydrogen-bond acceptors (Lipinski definition) is 12. The summed E-state index contributed by atoms with van der Waals surface area (Å²) in [5.74, 6) is 1.05. The van der Waals surface area contributed by atoms with Crippen LogP contribution in [-0.4, -0.2) is 140 Å². The molecule has 14 nitrogen and oxygen atoms in total. The van der Waals surface area contributed by atoms with Crippen LogP contribution in [0.25, 0.3) is 0 Å². The molecule has 462 valence electrons. The van der Waals surface area contributed by atoms with Gasteiger partial charge in [-0.1, -0.05) is 97.1 Å². The minimum atomic E-state index is -0.254. The molecule has 11 rings (SSSR count). The second-order valence-corrected chi connectivity index (χ2v) is 22.6. The van der Waals surface area contributed by atoms with Gasteiger partial charge in [-0.25, -0.2) is 13.2 Å². The van der Waals surface area contributed by atoms with E-state index in [1.165, 1.54) is 47.5 Å². The maximum absolute atomic E-state index is 13.7. The van der Waals surface area contributed by atoms with E-state index in [2.05, 4.69) is 84.4 Å². The van der Waals surface area contributed by atoms with Crippen LogP contribution in [0.3, 0.4) is 0 Å². The Balaban J connectivity index is 0.000000160. The highest BCUT2D eigenvalue weighted by atomic mass is 19.1. The van der Waals surface area contributed by atoms with Gasteiger partial charge in [0.05, 0.1) is 73.2 Å². The van der Waals surface area contributed by atoms with Crippen molar-refractivity contribution < 1.29 is 37.0 Å². The van der Waals surface area contributed by atoms with Crippen molar-refractivity contribution in [3.05, 3.63) is 250 Å². The summed E-state index contributed by atoms with van der Waals surface area (Å²) in [4.78, 5) is 40.5. The Hall–Kier alpha value is -9.34. The minimum Gasteiger partial charge on any atom is -0.497 e. The lowest BCUT2D eigenvalue weighted by atomic mass is 9.99. The Morgan fingerprint density at radius 2 is 0.854 bits per heavy atom. The first kappa shape index (κ1) is 64.1. The van der Waals surface area contributed by atoms with E-state index in [1.54, 1.807) is 89.7 Å². The van der Waals surface area contributed by atoms with Crippen LogP contribution in [0, 0.1) is 28.8 Å². The van der Waals surface area contributed by atoms with Gasteiger partial charge in [-0.2, -0.15) is 5.26 Å². The molecule has 3 saturated heterocycles. The van der Waals surface area contributed by atoms with Crippen LogP contribution in [0.5, 0.6) is 17.2 Å². The first-order valence-electron chi connectivity index (χ1n) is 29.8. The Bertz CT molecular complexity index is 3650. The summed E-state index contributed by atoms with van der Waals surface area (Å²) >= 11 is 0. The number of nitrogens with zero attached hydrogens (tertiary/aromatic N) is 8. The summed E-state index contributed by atoms with van der Waals surface area (Å²) in [5, 5.41) is 13.1. The fraction of sp³-hybridized carbons (Fsp3) is 0.292. The number of piperazine rings is 3. The van der Waals surface area contributed by atoms with E-state index in [1.807, 2.05) is 72.8 Å². The lowest BCUT2D eigenvalue weighted by Crippen LogP contribution is -2.48. The Kier molecular flexibility index (Phi) is 22.0. The molecule has 3 aliphatic rings. The molecule has 3 atom stereocenters. The van der Waals surface area contributed by atoms with E-state index in [0.717, 1.165) is 106 Å². The molecule has 1 N–H and O–H groups in total. The first-order valence-corrected chi connectivity index (χ1v) is 29.8. The summed E-state index contributed by atoms with van der Waals surface area (Å²) in [6, 6.07) is 59.9. The molecule has 2 amide bonds. The lowest BCUT2D eigenvalue weighted by Gasteiger charge is -2.44. The SMILES string of the molecule is COc1ccc(N2CCN(Cc3ccccc3)C[C@H]2c2ccc(F)cc2)c(C#N)c1.COc1ccc(N2CCN(Cc3ccccc3)C[C@H]2c2ccc(F)cc2)c(C(=O)N(C)C)c1.COc1ccc(N2CCNC[C@H]2c2ccc(F)cc2)c(C(=O)N(C)C)c1. The summed E-state index contributed by atoms with van der Waals surface area (Å²) in [7, 11) is 11.8. The molecule has 0 saturated carbocycles. The maximum atomic E-state index is 13.7. The largest absolute Gasteiger partial charge is 0.497 e. The molecule has 3 aliphatic heterocycles. The number of nitriles is 1. The van der Waals surface area contributed by atoms with Crippen LogP contribution < -0.4 is 34.2 Å². The minimum absolute atomic E-state index is 0.0172. The van der Waals surface area contributed by atoms with Crippen LogP contribution in [-0.2, 0) is 13.1 Å². The van der Waals surface area contributed by atoms with Gasteiger partial charge >= 0.3 is 0 Å². The predicted molar refractivity (Wildman–Crippen MR) is 346 cm³/mol. The third-order valence-corrected chi connectivity index (χ3v) is 16.4. The highest BCUT2D eigenvalue weighted by molar-refractivity contribution is 6.01. The Morgan fingerprint density at radius 1 is 0.483 bits per heavy atom. The molecule has 3 fully saturated rings. The molecule has 17 heteroatoms. The van der Waals surface area contributed by atoms with Crippen molar-refractivity contribution in [1.82, 2.24) is 24.9 Å². The van der Waals surface area contributed by atoms with Crippen molar-refractivity contribution in [2.45, 2.75) is 31.2 Å². The van der Waals surface area contributed by atoms with Gasteiger partial charge in [0.2, 0.25) is 0 Å². The number of amides is 2. The van der Waals surface area contributed by atoms with Gasteiger partial charge < -0.3 is 44.0 Å². The average Bonchev–Trinajstić information content (AvgIpc) is 1.12. The van der Waals surface area contributed by atoms with Crippen molar-refractivity contribution in [1.29, 1.82) is 5.26 Å². The average molecular weight is 1210 g/mol. The smallest absolute Gasteiger partial charge is 0.255 e. The zero-order valence-corrected chi connectivity index (χ0v) is 51.7. The van der Waals surface area contributed by atoms with Crippen LogP contribution >= 0.6 is 0 Å². The molecule has 0 aromatic heterocycles. The lowest BCUT2D eigenvalue weighted by molar-refractivity contribution is 0.0820. The monoisotopic (exact) mass is 1210 g/mol. The van der Waals surface area contributed by atoms with Crippen molar-refractivity contribution in [2.75, 3.05) is 123 Å². The summed E-state index contributed by atoms with van der Waals surface area (Å²) in [5.41, 5.74) is 9.99. The molecule has 3 heterocycles. The molecule has 8 aromatic carbocycles. The number of methoxy groups -OCH3 is 3. The highest BCUT2D eigenvalue weighted by Gasteiger charge is 2.34. The topological polar surface area (TPSA) is 120 Å². The van der Waals surface area contributed by atoms with Crippen molar-refractivity contribution in [2.24, 2.45) is 0 Å². The molecule has 89 heavy (non-hydrogen) atoms. The summed E-state index contributed by atoms with van der Waals surface area (Å²) in [6.45, 7) is 8.81. The second-order valence-electron chi connectivity index (χ2n) is 22.6. The molecule has 0 bridgehead atoms. The second kappa shape index (κ2) is 30.5. The fourth-order valence-corrected chi connectivity index (χ4v) is 11.7. The number of halogens is 3. The van der Waals surface area contributed by atoms with Crippen molar-refractivity contribution >= 4 is 28.9 Å². The number of carbonyl (C=O) groups is 2. The molecular weight excluding hydrogens is 1130 g/mol. The quantitative estimate of drug-likeness (QED) is 0.105. The molecule has 0 spiro atoms. The molecule has 0 aliphatic carbocycles. The van der Waals surface area contributed by atoms with Gasteiger partial charge in [-0.05, 0) is 119 Å². The summed E-state index contributed by atoms with van der Waals surface area (Å²) < 4.78 is 56.6. The number of hydrogen-bond donors (Lipinski definition) is 1. The van der Waals surface area contributed by atoms with Gasteiger partial charge in [-0.3, -0.25) is 19.4 Å². The number of anilines is 3. The van der Waals surface area contributed by atoms with Gasteiger partial charge in [0, 0.05) is 100 Å². The number of rotatable bonds is 15. The Morgan fingerprint density at radius 3 is 1.25 bits per heavy atom. The fourth-order valence-electron chi connectivity index (χ4n) is 11.7. The van der Waals surface area contributed by atoms with Crippen LogP contribution in [0.15, 0.2) is 188 Å². The number of nitrogens with one attached hydrogen (secondary N) is 1. The highest BCUT2D eigenvalue weighted by Crippen LogP contribution is 2.39. The molecular formula is C72H78F3N9O5. The third-order valence-electron chi connectivity index (χ3n) is 16.4. The van der Waals surface area contributed by atoms with E-state index < -0.39 is 0 Å². The third kappa shape index (κ3) is 16.3. The Labute approximate surface area is 521 Å². The van der Waals surface area contributed by atoms with Crippen molar-refractivity contribution in [3.8, 4) is 23.3 Å². The first-order chi connectivity index (χ1) is 43.1. The van der Waals surface area contributed by atoms with Crippen LogP contribution in [0.1, 0.15) is 72.2 Å². The van der Waals surface area contributed by atoms with Gasteiger partial charge in [-0.15, -0.1) is 0 Å². The van der Waals surface area contributed by atoms with E-state index in [4.69, 9.17) is 14.2 Å². The zero-order valence-electron chi connectivity index (χ0n) is 51.7. The van der Waals surface area contributed by atoms with Gasteiger partial charge in [0.25, 0.3) is 11.8 Å². The molecule has 0 radical (unpaired) electrons. The normalized spacial score (nSPS) is 16.8. The van der Waals surface area contributed by atoms with E-state index in [9.17, 15) is 28.0 Å². The molecule has 8 aromatic rings. The van der Waals surface area contributed by atoms with Gasteiger partial charge in [0.1, 0.15) is 40.8 Å². The number of benzene rings is 8. The van der Waals surface area contributed by atoms with E-state index in [-0.39, 0.29) is 47.4 Å². The van der Waals surface area contributed by atoms with E-state index in [0.29, 0.717) is 33.9 Å². The van der Waals surface area contributed by atoms with Gasteiger partial charge in [0.15, 0.2) is 0 Å². The zero-order chi connectivity index (χ0) is 63.0. The number of ether oxygens (including phenoxy) is 3. The summed E-state index contributed by atoms with van der Waals surface area (Å²) in [6.07, 6.45) is 0. The maximum Gasteiger partial charge on any atom is 0.255 e. The van der Waals surface area contributed by atoms with Crippen LogP contribution in [0.2, 0.25) is 0 Å². The molecule has 0 unspecified atom stereocenters. The standard InChI is InChI=1S/C27H30FN3O2.C25H24FN3O.C20H24FN3O2/c1-29(2)27(32)24-17-23(33-3)13-14-25(24)31-16-15-30(18-20-7-5-4-6-8-20)19-26(31)21-9-11-22(28)12-10-21;1-30-23-11-12-24(21(15-23)16-27)29-14-13-28(17-19-5-3-2-4-6-19)18-25(29)20-7-9-22(26)10-8-20;1-23(2)20(25)17-12-16(26-3)8-9-18(17)24-11-10-22-13-19(24)14-4-6-15(21)7-5-14/h4-14,17,26H,15-16,18-19H2,1-3H3;2-12,15,25H,13-14,17-18H2,1H3;4-9,12,19,22H,10-11,13H2,1-3H3/t26-;25-;19-/m000/s1. The predicted octanol–water partition coefficient (Wildman–Crippen LogP) is 12.1. The van der Waals surface area contributed by atoms with E-state index >= 15 is 0 Å². The van der Waals surface area contributed by atoms with Crippen molar-refractivity contribution in [3.63, 3.8) is 0 Å². The number of carbonyl (C=O) groups excluding carboxylic acids is 2.